The van der Waals surface area contributed by atoms with Crippen molar-refractivity contribution < 1.29 is 28.6 Å². The van der Waals surface area contributed by atoms with Gasteiger partial charge in [0.25, 0.3) is 0 Å². The maximum Gasteiger partial charge on any atom is 0.334 e. The van der Waals surface area contributed by atoms with Crippen molar-refractivity contribution in [2.24, 2.45) is 0 Å². The Balaban J connectivity index is 2.71. The predicted molar refractivity (Wildman–Crippen MR) is 84.9 cm³/mol. The summed E-state index contributed by atoms with van der Waals surface area (Å²) < 4.78 is 23.5. The van der Waals surface area contributed by atoms with Crippen molar-refractivity contribution in [3.63, 3.8) is 0 Å². The molecule has 6 heteroatoms. The van der Waals surface area contributed by atoms with Crippen LogP contribution in [0.4, 0.5) is 4.39 Å². The summed E-state index contributed by atoms with van der Waals surface area (Å²) in [4.78, 5) is 24.6. The van der Waals surface area contributed by atoms with Gasteiger partial charge in [-0.15, -0.1) is 0 Å². The number of methoxy groups -OCH3 is 2. The van der Waals surface area contributed by atoms with E-state index >= 15 is 0 Å². The Hall–Kier alpha value is -2.63. The standard InChI is InChI=1S/C18H19FO5/c1-9-7-10(2)15(18(22)24-4)16(14(9)17(21)23-3)11-5-6-13(20)12(19)8-11/h5-6,8,16,20H,7H2,1-4H3. The molecule has 128 valence electrons. The normalized spacial score (nSPS) is 15.5. The zero-order valence-corrected chi connectivity index (χ0v) is 14.0. The fourth-order valence-corrected chi connectivity index (χ4v) is 3.07. The molecule has 1 aromatic carbocycles. The maximum atomic E-state index is 13.8. The highest BCUT2D eigenvalue weighted by molar-refractivity contribution is 6.00. The van der Waals surface area contributed by atoms with Gasteiger partial charge in [-0.25, -0.2) is 14.0 Å². The van der Waals surface area contributed by atoms with E-state index < -0.39 is 29.4 Å². The minimum absolute atomic E-state index is 0.286. The number of esters is 2. The van der Waals surface area contributed by atoms with E-state index in [-0.39, 0.29) is 11.1 Å². The van der Waals surface area contributed by atoms with Crippen LogP contribution in [0.5, 0.6) is 5.75 Å². The van der Waals surface area contributed by atoms with E-state index in [1.165, 1.54) is 26.4 Å². The van der Waals surface area contributed by atoms with E-state index in [1.54, 1.807) is 13.8 Å². The van der Waals surface area contributed by atoms with Crippen LogP contribution in [0, 0.1) is 5.82 Å². The summed E-state index contributed by atoms with van der Waals surface area (Å²) in [6.07, 6.45) is 0.423. The topological polar surface area (TPSA) is 72.8 Å². The van der Waals surface area contributed by atoms with E-state index in [0.29, 0.717) is 12.0 Å². The third-order valence-corrected chi connectivity index (χ3v) is 4.14. The average molecular weight is 334 g/mol. The molecule has 1 aromatic rings. The summed E-state index contributed by atoms with van der Waals surface area (Å²) in [6.45, 7) is 3.54. The summed E-state index contributed by atoms with van der Waals surface area (Å²) >= 11 is 0. The molecular formula is C18H19FO5. The third-order valence-electron chi connectivity index (χ3n) is 4.14. The van der Waals surface area contributed by atoms with Crippen molar-refractivity contribution >= 4 is 11.9 Å². The fraction of sp³-hybridized carbons (Fsp3) is 0.333. The van der Waals surface area contributed by atoms with E-state index in [9.17, 15) is 19.1 Å². The van der Waals surface area contributed by atoms with Crippen molar-refractivity contribution in [2.75, 3.05) is 14.2 Å². The molecule has 0 aromatic heterocycles. The molecule has 0 spiro atoms. The highest BCUT2D eigenvalue weighted by atomic mass is 19.1. The second-order valence-corrected chi connectivity index (χ2v) is 5.69. The van der Waals surface area contributed by atoms with E-state index in [0.717, 1.165) is 17.2 Å². The molecule has 1 aliphatic rings. The lowest BCUT2D eigenvalue weighted by atomic mass is 9.75. The Morgan fingerprint density at radius 1 is 1.08 bits per heavy atom. The van der Waals surface area contributed by atoms with Gasteiger partial charge in [0.1, 0.15) is 0 Å². The molecule has 0 saturated carbocycles. The number of hydrogen-bond acceptors (Lipinski definition) is 5. The molecule has 0 amide bonds. The van der Waals surface area contributed by atoms with Crippen LogP contribution < -0.4 is 0 Å². The largest absolute Gasteiger partial charge is 0.505 e. The van der Waals surface area contributed by atoms with Crippen molar-refractivity contribution in [3.05, 3.63) is 51.9 Å². The lowest BCUT2D eigenvalue weighted by Gasteiger charge is -2.29. The lowest BCUT2D eigenvalue weighted by molar-refractivity contribution is -0.137. The second kappa shape index (κ2) is 6.86. The summed E-state index contributed by atoms with van der Waals surface area (Å²) in [5.41, 5.74) is 2.42. The smallest absolute Gasteiger partial charge is 0.334 e. The van der Waals surface area contributed by atoms with Gasteiger partial charge in [0, 0.05) is 17.1 Å². The molecule has 0 saturated heterocycles. The summed E-state index contributed by atoms with van der Waals surface area (Å²) in [6, 6.07) is 3.77. The first-order chi connectivity index (χ1) is 11.3. The summed E-state index contributed by atoms with van der Waals surface area (Å²) in [5, 5.41) is 9.41. The minimum atomic E-state index is -0.832. The number of phenols is 1. The molecule has 0 fully saturated rings. The van der Waals surface area contributed by atoms with Gasteiger partial charge in [-0.1, -0.05) is 17.2 Å². The Kier molecular flexibility index (Phi) is 5.07. The Bertz CT molecular complexity index is 723. The van der Waals surface area contributed by atoms with Gasteiger partial charge in [0.2, 0.25) is 0 Å². The number of rotatable bonds is 3. The molecule has 0 unspecified atom stereocenters. The van der Waals surface area contributed by atoms with Crippen LogP contribution in [0.1, 0.15) is 31.7 Å². The number of phenolic OH excluding ortho intramolecular Hbond substituents is 1. The summed E-state index contributed by atoms with van der Waals surface area (Å²) in [5.74, 6) is -3.31. The van der Waals surface area contributed by atoms with E-state index in [2.05, 4.69) is 0 Å². The van der Waals surface area contributed by atoms with Crippen molar-refractivity contribution in [1.29, 1.82) is 0 Å². The molecular weight excluding hydrogens is 315 g/mol. The third kappa shape index (κ3) is 3.04. The molecule has 24 heavy (non-hydrogen) atoms. The Labute approximate surface area is 139 Å². The monoisotopic (exact) mass is 334 g/mol. The molecule has 2 rings (SSSR count). The number of carbonyl (C=O) groups is 2. The quantitative estimate of drug-likeness (QED) is 0.860. The van der Waals surface area contributed by atoms with Gasteiger partial charge in [0.05, 0.1) is 14.2 Å². The first-order valence-electron chi connectivity index (χ1n) is 7.36. The molecule has 0 atom stereocenters. The van der Waals surface area contributed by atoms with Crippen LogP contribution in [0.15, 0.2) is 40.5 Å². The molecule has 0 aliphatic heterocycles. The Morgan fingerprint density at radius 2 is 1.58 bits per heavy atom. The zero-order chi connectivity index (χ0) is 18.0. The number of hydrogen-bond donors (Lipinski definition) is 1. The van der Waals surface area contributed by atoms with Crippen LogP contribution in [0.3, 0.4) is 0 Å². The molecule has 0 radical (unpaired) electrons. The SMILES string of the molecule is COC(=O)C1=C(C)CC(C)=C(C(=O)OC)C1c1ccc(O)c(F)c1. The minimum Gasteiger partial charge on any atom is -0.505 e. The number of allylic oxidation sites excluding steroid dienone is 2. The van der Waals surface area contributed by atoms with E-state index in [4.69, 9.17) is 9.47 Å². The highest BCUT2D eigenvalue weighted by Crippen LogP contribution is 2.43. The molecule has 5 nitrogen and oxygen atoms in total. The molecule has 1 aliphatic carbocycles. The molecule has 0 bridgehead atoms. The number of benzene rings is 1. The van der Waals surface area contributed by atoms with Crippen LogP contribution in [0.25, 0.3) is 0 Å². The highest BCUT2D eigenvalue weighted by Gasteiger charge is 2.37. The van der Waals surface area contributed by atoms with Crippen molar-refractivity contribution in [1.82, 2.24) is 0 Å². The van der Waals surface area contributed by atoms with Crippen LogP contribution in [0.2, 0.25) is 0 Å². The van der Waals surface area contributed by atoms with Crippen LogP contribution >= 0.6 is 0 Å². The zero-order valence-electron chi connectivity index (χ0n) is 14.0. The van der Waals surface area contributed by atoms with Gasteiger partial charge >= 0.3 is 11.9 Å². The first-order valence-corrected chi connectivity index (χ1v) is 7.36. The summed E-state index contributed by atoms with van der Waals surface area (Å²) in [7, 11) is 2.50. The van der Waals surface area contributed by atoms with Gasteiger partial charge in [0.15, 0.2) is 11.6 Å². The number of carbonyl (C=O) groups excluding carboxylic acids is 2. The molecule has 1 N–H and O–H groups in total. The maximum absolute atomic E-state index is 13.8. The second-order valence-electron chi connectivity index (χ2n) is 5.69. The average Bonchev–Trinajstić information content (AvgIpc) is 2.55. The van der Waals surface area contributed by atoms with Crippen LogP contribution in [-0.2, 0) is 19.1 Å². The van der Waals surface area contributed by atoms with Crippen molar-refractivity contribution in [2.45, 2.75) is 26.2 Å². The lowest BCUT2D eigenvalue weighted by Crippen LogP contribution is -2.26. The van der Waals surface area contributed by atoms with Gasteiger partial charge < -0.3 is 14.6 Å². The first kappa shape index (κ1) is 17.7. The number of ether oxygens (including phenoxy) is 2. The number of aromatic hydroxyl groups is 1. The Morgan fingerprint density at radius 3 is 2.00 bits per heavy atom. The van der Waals surface area contributed by atoms with Gasteiger partial charge in [-0.2, -0.15) is 0 Å². The van der Waals surface area contributed by atoms with Crippen molar-refractivity contribution in [3.8, 4) is 5.75 Å². The van der Waals surface area contributed by atoms with E-state index in [1.807, 2.05) is 0 Å². The fourth-order valence-electron chi connectivity index (χ4n) is 3.07. The predicted octanol–water partition coefficient (Wildman–Crippen LogP) is 3.00. The number of halogens is 1. The van der Waals surface area contributed by atoms with Crippen LogP contribution in [-0.4, -0.2) is 31.3 Å². The van der Waals surface area contributed by atoms with Gasteiger partial charge in [-0.05, 0) is 38.0 Å². The van der Waals surface area contributed by atoms with Gasteiger partial charge in [-0.3, -0.25) is 0 Å². The molecule has 0 heterocycles.